The first-order valence-corrected chi connectivity index (χ1v) is 45.2. The maximum Gasteiger partial charge on any atom is 0.160 e. The van der Waals surface area contributed by atoms with E-state index in [2.05, 4.69) is 370 Å². The van der Waals surface area contributed by atoms with E-state index in [9.17, 15) is 0 Å². The van der Waals surface area contributed by atoms with Crippen LogP contribution in [-0.4, -0.2) is 44.9 Å². The fourth-order valence-corrected chi connectivity index (χ4v) is 17.2. The lowest BCUT2D eigenvalue weighted by atomic mass is 9.92. The number of aryl methyl sites for hydroxylation is 4. The van der Waals surface area contributed by atoms with Crippen molar-refractivity contribution < 1.29 is 0 Å². The van der Waals surface area contributed by atoms with Crippen molar-refractivity contribution in [2.45, 2.75) is 27.7 Å². The number of hydrogen-bond acceptors (Lipinski definition) is 9. The van der Waals surface area contributed by atoms with Crippen LogP contribution in [0.1, 0.15) is 22.5 Å². The van der Waals surface area contributed by atoms with E-state index in [1.165, 1.54) is 93.5 Å². The highest BCUT2D eigenvalue weighted by Crippen LogP contribution is 2.42. The molecule has 0 bridgehead atoms. The molecule has 9 heteroatoms. The molecular weight excluding hydrogens is 1630 g/mol. The van der Waals surface area contributed by atoms with Crippen LogP contribution >= 0.6 is 0 Å². The zero-order valence-corrected chi connectivity index (χ0v) is 74.6. The van der Waals surface area contributed by atoms with Gasteiger partial charge in [0.1, 0.15) is 0 Å². The molecule has 0 fully saturated rings. The van der Waals surface area contributed by atoms with E-state index in [-0.39, 0.29) is 0 Å². The Labute approximate surface area is 781 Å². The summed E-state index contributed by atoms with van der Waals surface area (Å²) in [4.78, 5) is 44.4. The Bertz CT molecular complexity index is 7270. The third kappa shape index (κ3) is 19.3. The van der Waals surface area contributed by atoms with Crippen LogP contribution in [0.5, 0.6) is 0 Å². The zero-order valence-electron chi connectivity index (χ0n) is 74.6. The summed E-state index contributed by atoms with van der Waals surface area (Å²) in [7, 11) is 0. The average molecular weight is 1720 g/mol. The predicted octanol–water partition coefficient (Wildman–Crippen LogP) is 32.2. The highest BCUT2D eigenvalue weighted by Gasteiger charge is 2.20. The van der Waals surface area contributed by atoms with Crippen molar-refractivity contribution in [1.29, 1.82) is 0 Å². The SMILES string of the molecule is Cc1cc(-c2cc(-c3ccccc3)nc(-c3ccccc3)n2)cc(-c2cc(-c3ccccc3)nc(-c3ccccc3)n2)c1.Cc1cc(-c2ccc(-c3ccccc3)cc2)nc(-c2ccc(-c3ccccc3)cc2)n1.Cc1cc(-c2ccc(-c3ccccc3)cc2)nc(-c2ccc(-c3ccccc3)cc2)n1.Cc1ccc(-c2c3ccc4ccccc4c3nc3c2ccc2ccccc23)cc1. The molecule has 0 radical (unpaired) electrons. The number of hydrogen-bond donors (Lipinski definition) is 0. The average Bonchev–Trinajstić information content (AvgIpc) is 0.728. The van der Waals surface area contributed by atoms with E-state index in [0.717, 1.165) is 129 Å². The lowest BCUT2D eigenvalue weighted by molar-refractivity contribution is 1.11. The minimum Gasteiger partial charge on any atom is -0.246 e. The molecule has 5 aromatic heterocycles. The molecule has 23 rings (SSSR count). The molecule has 23 aromatic rings. The Morgan fingerprint density at radius 1 is 0.134 bits per heavy atom. The molecule has 0 N–H and O–H groups in total. The van der Waals surface area contributed by atoms with Crippen molar-refractivity contribution in [1.82, 2.24) is 44.9 Å². The number of nitrogens with zero attached hydrogens (tertiary/aromatic N) is 9. The molecule has 0 saturated carbocycles. The van der Waals surface area contributed by atoms with Gasteiger partial charge in [0.25, 0.3) is 0 Å². The maximum absolute atomic E-state index is 5.24. The van der Waals surface area contributed by atoms with E-state index in [1.54, 1.807) is 0 Å². The van der Waals surface area contributed by atoms with Crippen LogP contribution in [0.3, 0.4) is 0 Å². The van der Waals surface area contributed by atoms with Crippen LogP contribution in [-0.2, 0) is 0 Å². The van der Waals surface area contributed by atoms with Crippen LogP contribution in [0, 0.1) is 27.7 Å². The van der Waals surface area contributed by atoms with Gasteiger partial charge in [0.15, 0.2) is 23.3 Å². The number of fused-ring (bicyclic) bond motifs is 6. The molecule has 0 aliphatic heterocycles. The van der Waals surface area contributed by atoms with E-state index < -0.39 is 0 Å². The molecular formula is C125H91N9. The van der Waals surface area contributed by atoms with Gasteiger partial charge in [-0.25, -0.2) is 44.9 Å². The summed E-state index contributed by atoms with van der Waals surface area (Å²) in [5.41, 5.74) is 34.2. The highest BCUT2D eigenvalue weighted by atomic mass is 14.9. The molecule has 0 saturated heterocycles. The monoisotopic (exact) mass is 1720 g/mol. The van der Waals surface area contributed by atoms with Crippen LogP contribution in [0.25, 0.3) is 212 Å². The Hall–Kier alpha value is -17.5. The third-order valence-corrected chi connectivity index (χ3v) is 24.0. The minimum absolute atomic E-state index is 0.694. The molecule has 0 unspecified atom stereocenters. The molecule has 5 heterocycles. The van der Waals surface area contributed by atoms with E-state index >= 15 is 0 Å². The van der Waals surface area contributed by atoms with Gasteiger partial charge < -0.3 is 0 Å². The first-order chi connectivity index (χ1) is 66.0. The van der Waals surface area contributed by atoms with Crippen LogP contribution < -0.4 is 0 Å². The smallest absolute Gasteiger partial charge is 0.160 e. The minimum atomic E-state index is 0.694. The third-order valence-electron chi connectivity index (χ3n) is 24.0. The molecule has 134 heavy (non-hydrogen) atoms. The van der Waals surface area contributed by atoms with Gasteiger partial charge in [0.05, 0.1) is 45.2 Å². The fourth-order valence-electron chi connectivity index (χ4n) is 17.2. The topological polar surface area (TPSA) is 116 Å². The highest BCUT2D eigenvalue weighted by molar-refractivity contribution is 6.21. The van der Waals surface area contributed by atoms with E-state index in [1.807, 2.05) is 147 Å². The normalized spacial score (nSPS) is 11.0. The molecule has 0 aliphatic carbocycles. The second-order valence-electron chi connectivity index (χ2n) is 33.4. The van der Waals surface area contributed by atoms with Crippen molar-refractivity contribution in [3.63, 3.8) is 0 Å². The van der Waals surface area contributed by atoms with Crippen LogP contribution in [0.2, 0.25) is 0 Å². The molecule has 0 amide bonds. The summed E-state index contributed by atoms with van der Waals surface area (Å²) in [5, 5.41) is 7.26. The molecule has 18 aromatic carbocycles. The van der Waals surface area contributed by atoms with Gasteiger partial charge in [-0.15, -0.1) is 0 Å². The summed E-state index contributed by atoms with van der Waals surface area (Å²) in [5.74, 6) is 2.89. The number of pyridine rings is 1. The first kappa shape index (κ1) is 84.6. The van der Waals surface area contributed by atoms with Crippen LogP contribution in [0.4, 0.5) is 0 Å². The van der Waals surface area contributed by atoms with E-state index in [0.29, 0.717) is 11.6 Å². The fraction of sp³-hybridized carbons (Fsp3) is 0.0320. The predicted molar refractivity (Wildman–Crippen MR) is 556 cm³/mol. The maximum atomic E-state index is 5.24. The van der Waals surface area contributed by atoms with Gasteiger partial charge in [0, 0.05) is 94.1 Å². The summed E-state index contributed by atoms with van der Waals surface area (Å²) in [6, 6.07) is 166. The van der Waals surface area contributed by atoms with Crippen molar-refractivity contribution in [3.05, 3.63) is 502 Å². The lowest BCUT2D eigenvalue weighted by Gasteiger charge is -2.15. The Kier molecular flexibility index (Phi) is 24.8. The molecule has 636 valence electrons. The number of aromatic nitrogens is 9. The molecule has 0 aliphatic rings. The van der Waals surface area contributed by atoms with Crippen molar-refractivity contribution >= 4 is 43.4 Å². The second-order valence-corrected chi connectivity index (χ2v) is 33.4. The summed E-state index contributed by atoms with van der Waals surface area (Å²) in [6.07, 6.45) is 0. The van der Waals surface area contributed by atoms with Crippen molar-refractivity contribution in [3.8, 4) is 169 Å². The molecule has 0 atom stereocenters. The Morgan fingerprint density at radius 3 is 0.694 bits per heavy atom. The Morgan fingerprint density at radius 2 is 0.366 bits per heavy atom. The summed E-state index contributed by atoms with van der Waals surface area (Å²) in [6.45, 7) is 8.28. The number of benzene rings is 18. The summed E-state index contributed by atoms with van der Waals surface area (Å²) >= 11 is 0. The Balaban J connectivity index is 0.000000112. The van der Waals surface area contributed by atoms with E-state index in [4.69, 9.17) is 34.9 Å². The lowest BCUT2D eigenvalue weighted by Crippen LogP contribution is -1.98. The van der Waals surface area contributed by atoms with Gasteiger partial charge in [0.2, 0.25) is 0 Å². The quantitative estimate of drug-likeness (QED) is 0.0731. The van der Waals surface area contributed by atoms with Gasteiger partial charge >= 0.3 is 0 Å². The van der Waals surface area contributed by atoms with Gasteiger partial charge in [-0.05, 0) is 137 Å². The largest absolute Gasteiger partial charge is 0.246 e. The molecule has 9 nitrogen and oxygen atoms in total. The van der Waals surface area contributed by atoms with Crippen molar-refractivity contribution in [2.24, 2.45) is 0 Å². The van der Waals surface area contributed by atoms with Gasteiger partial charge in [-0.1, -0.05) is 442 Å². The number of rotatable bonds is 15. The van der Waals surface area contributed by atoms with Crippen LogP contribution in [0.15, 0.2) is 479 Å². The van der Waals surface area contributed by atoms with Gasteiger partial charge in [-0.2, -0.15) is 0 Å². The summed E-state index contributed by atoms with van der Waals surface area (Å²) < 4.78 is 0. The molecule has 0 spiro atoms. The second kappa shape index (κ2) is 39.2. The first-order valence-electron chi connectivity index (χ1n) is 45.2. The van der Waals surface area contributed by atoms with Gasteiger partial charge in [-0.3, -0.25) is 0 Å². The zero-order chi connectivity index (χ0) is 90.5. The van der Waals surface area contributed by atoms with Crippen molar-refractivity contribution in [2.75, 3.05) is 0 Å². The standard InChI is InChI=1S/C39H28N4.2C29H22N2.C28H19N/c1-27-22-32(36-25-34(28-14-6-2-7-15-28)40-38(42-36)30-18-10-4-11-19-30)24-33(23-27)37-26-35(29-16-8-3-9-17-29)41-39(43-37)31-20-12-5-13-21-31;2*1-21-20-28(26-16-12-24(13-17-26)22-8-4-2-5-9-22)31-29(30-21)27-18-14-25(15-19-27)23-10-6-3-7-11-23;1-18-10-12-21(13-11-18)26-24-16-14-19-6-2-4-8-22(19)27(24)29-28-23-9-5-3-7-20(23)15-17-25(26)28/h2-26H,1H3;2*2-20H,1H3;2-17H,1H3.